The minimum absolute atomic E-state index is 0.391. The molecule has 0 saturated carbocycles. The Morgan fingerprint density at radius 3 is 2.53 bits per heavy atom. The Morgan fingerprint density at radius 2 is 1.89 bits per heavy atom. The number of aryl methyl sites for hydroxylation is 2. The molecule has 0 aromatic carbocycles. The molecule has 19 heavy (non-hydrogen) atoms. The molecule has 0 atom stereocenters. The molecular formula is C13H12ClN3OS. The Bertz CT molecular complexity index is 743. The maximum atomic E-state index is 5.97. The van der Waals surface area contributed by atoms with Crippen molar-refractivity contribution >= 4 is 33.3 Å². The Kier molecular flexibility index (Phi) is 2.95. The van der Waals surface area contributed by atoms with Crippen LogP contribution < -0.4 is 4.74 Å². The van der Waals surface area contributed by atoms with Gasteiger partial charge in [0.05, 0.1) is 7.11 Å². The summed E-state index contributed by atoms with van der Waals surface area (Å²) in [4.78, 5) is 8.80. The van der Waals surface area contributed by atoms with Crippen LogP contribution in [0.3, 0.4) is 0 Å². The van der Waals surface area contributed by atoms with Gasteiger partial charge in [-0.05, 0) is 26.0 Å². The molecule has 0 amide bonds. The summed E-state index contributed by atoms with van der Waals surface area (Å²) in [7, 11) is 1.62. The van der Waals surface area contributed by atoms with E-state index in [-0.39, 0.29) is 0 Å². The predicted octanol–water partition coefficient (Wildman–Crippen LogP) is 3.76. The minimum atomic E-state index is 0.391. The number of fused-ring (bicyclic) bond motifs is 1. The average Bonchev–Trinajstić information content (AvgIpc) is 2.91. The number of aromatic nitrogens is 3. The third kappa shape index (κ3) is 1.99. The lowest BCUT2D eigenvalue weighted by Crippen LogP contribution is -1.97. The molecule has 0 aliphatic heterocycles. The van der Waals surface area contributed by atoms with Gasteiger partial charge in [-0.3, -0.25) is 4.57 Å². The summed E-state index contributed by atoms with van der Waals surface area (Å²) in [6, 6.07) is 5.85. The standard InChI is InChI=1S/C13H12ClN3OS/c1-7-4-5-8(2)17(7)13-16-12-11(19-13)9(18-3)6-10(14)15-12/h4-6H,1-3H3. The molecule has 0 fully saturated rings. The van der Waals surface area contributed by atoms with E-state index in [4.69, 9.17) is 16.3 Å². The van der Waals surface area contributed by atoms with Gasteiger partial charge >= 0.3 is 0 Å². The maximum Gasteiger partial charge on any atom is 0.196 e. The molecule has 4 nitrogen and oxygen atoms in total. The Labute approximate surface area is 119 Å². The SMILES string of the molecule is COc1cc(Cl)nc2nc(-n3c(C)ccc3C)sc12. The van der Waals surface area contributed by atoms with Crippen LogP contribution in [0.15, 0.2) is 18.2 Å². The van der Waals surface area contributed by atoms with Crippen LogP contribution in [0.2, 0.25) is 5.15 Å². The van der Waals surface area contributed by atoms with E-state index >= 15 is 0 Å². The van der Waals surface area contributed by atoms with E-state index in [0.29, 0.717) is 16.5 Å². The van der Waals surface area contributed by atoms with Crippen LogP contribution in [0.5, 0.6) is 5.75 Å². The highest BCUT2D eigenvalue weighted by Gasteiger charge is 2.14. The van der Waals surface area contributed by atoms with Gasteiger partial charge < -0.3 is 4.74 Å². The first-order valence-corrected chi connectivity index (χ1v) is 6.96. The van der Waals surface area contributed by atoms with Crippen LogP contribution in [0, 0.1) is 13.8 Å². The maximum absolute atomic E-state index is 5.97. The molecule has 0 unspecified atom stereocenters. The van der Waals surface area contributed by atoms with Crippen molar-refractivity contribution in [3.05, 3.63) is 34.7 Å². The lowest BCUT2D eigenvalue weighted by atomic mass is 10.4. The Balaban J connectivity index is 2.28. The third-order valence-corrected chi connectivity index (χ3v) is 4.20. The normalized spacial score (nSPS) is 11.2. The van der Waals surface area contributed by atoms with E-state index in [2.05, 4.69) is 40.5 Å². The summed E-state index contributed by atoms with van der Waals surface area (Å²) in [5, 5.41) is 1.27. The highest BCUT2D eigenvalue weighted by Crippen LogP contribution is 2.34. The van der Waals surface area contributed by atoms with Gasteiger partial charge in [-0.15, -0.1) is 0 Å². The summed E-state index contributed by atoms with van der Waals surface area (Å²) in [6.07, 6.45) is 0. The molecule has 0 saturated heterocycles. The van der Waals surface area contributed by atoms with E-state index in [9.17, 15) is 0 Å². The first-order valence-electron chi connectivity index (χ1n) is 5.76. The zero-order valence-corrected chi connectivity index (χ0v) is 12.3. The van der Waals surface area contributed by atoms with Crippen molar-refractivity contribution in [1.82, 2.24) is 14.5 Å². The van der Waals surface area contributed by atoms with Crippen LogP contribution in [0.4, 0.5) is 0 Å². The lowest BCUT2D eigenvalue weighted by molar-refractivity contribution is 0.420. The van der Waals surface area contributed by atoms with E-state index in [1.54, 1.807) is 24.5 Å². The summed E-state index contributed by atoms with van der Waals surface area (Å²) in [6.45, 7) is 4.10. The quantitative estimate of drug-likeness (QED) is 0.675. The molecule has 3 rings (SSSR count). The number of pyridine rings is 1. The largest absolute Gasteiger partial charge is 0.495 e. The number of ether oxygens (including phenoxy) is 1. The highest BCUT2D eigenvalue weighted by atomic mass is 35.5. The van der Waals surface area contributed by atoms with E-state index in [0.717, 1.165) is 21.2 Å². The molecule has 98 valence electrons. The minimum Gasteiger partial charge on any atom is -0.495 e. The van der Waals surface area contributed by atoms with Crippen molar-refractivity contribution in [2.45, 2.75) is 13.8 Å². The molecule has 0 radical (unpaired) electrons. The molecule has 3 heterocycles. The van der Waals surface area contributed by atoms with E-state index in [1.165, 1.54) is 0 Å². The predicted molar refractivity (Wildman–Crippen MR) is 77.8 cm³/mol. The van der Waals surface area contributed by atoms with Crippen molar-refractivity contribution in [3.63, 3.8) is 0 Å². The van der Waals surface area contributed by atoms with Gasteiger partial charge in [0.25, 0.3) is 0 Å². The lowest BCUT2D eigenvalue weighted by Gasteiger charge is -2.03. The van der Waals surface area contributed by atoms with Gasteiger partial charge in [0.1, 0.15) is 15.6 Å². The molecule has 0 aliphatic carbocycles. The number of hydrogen-bond acceptors (Lipinski definition) is 4. The molecule has 0 aliphatic rings. The van der Waals surface area contributed by atoms with Gasteiger partial charge in [0.2, 0.25) is 0 Å². The smallest absolute Gasteiger partial charge is 0.196 e. The fraction of sp³-hybridized carbons (Fsp3) is 0.231. The van der Waals surface area contributed by atoms with Crippen LogP contribution in [-0.2, 0) is 0 Å². The summed E-state index contributed by atoms with van der Waals surface area (Å²) < 4.78 is 8.34. The highest BCUT2D eigenvalue weighted by molar-refractivity contribution is 7.21. The number of nitrogens with zero attached hydrogens (tertiary/aromatic N) is 3. The number of halogens is 1. The zero-order valence-electron chi connectivity index (χ0n) is 10.8. The zero-order chi connectivity index (χ0) is 13.6. The molecule has 0 N–H and O–H groups in total. The summed E-state index contributed by atoms with van der Waals surface area (Å²) in [5.41, 5.74) is 2.90. The molecular weight excluding hydrogens is 282 g/mol. The third-order valence-electron chi connectivity index (χ3n) is 2.97. The second-order valence-corrected chi connectivity index (χ2v) is 5.61. The second kappa shape index (κ2) is 4.51. The van der Waals surface area contributed by atoms with Crippen LogP contribution in [0.25, 0.3) is 15.5 Å². The van der Waals surface area contributed by atoms with Gasteiger partial charge in [0.15, 0.2) is 10.8 Å². The van der Waals surface area contributed by atoms with Crippen molar-refractivity contribution in [2.75, 3.05) is 7.11 Å². The molecule has 0 spiro atoms. The van der Waals surface area contributed by atoms with Gasteiger partial charge in [-0.1, -0.05) is 22.9 Å². The summed E-state index contributed by atoms with van der Waals surface area (Å²) in [5.74, 6) is 0.709. The summed E-state index contributed by atoms with van der Waals surface area (Å²) >= 11 is 7.51. The first-order chi connectivity index (χ1) is 9.10. The topological polar surface area (TPSA) is 39.9 Å². The number of thiazole rings is 1. The fourth-order valence-electron chi connectivity index (χ4n) is 2.06. The van der Waals surface area contributed by atoms with E-state index in [1.807, 2.05) is 0 Å². The second-order valence-electron chi connectivity index (χ2n) is 4.25. The van der Waals surface area contributed by atoms with Gasteiger partial charge in [0, 0.05) is 17.5 Å². The van der Waals surface area contributed by atoms with Crippen molar-refractivity contribution in [2.24, 2.45) is 0 Å². The molecule has 6 heteroatoms. The van der Waals surface area contributed by atoms with E-state index < -0.39 is 0 Å². The van der Waals surface area contributed by atoms with Crippen molar-refractivity contribution in [1.29, 1.82) is 0 Å². The number of methoxy groups -OCH3 is 1. The Morgan fingerprint density at radius 1 is 1.21 bits per heavy atom. The Hall–Kier alpha value is -1.59. The monoisotopic (exact) mass is 293 g/mol. The van der Waals surface area contributed by atoms with Crippen molar-refractivity contribution < 1.29 is 4.74 Å². The van der Waals surface area contributed by atoms with Gasteiger partial charge in [-0.2, -0.15) is 4.98 Å². The number of rotatable bonds is 2. The molecule has 3 aromatic heterocycles. The van der Waals surface area contributed by atoms with Crippen LogP contribution >= 0.6 is 22.9 Å². The van der Waals surface area contributed by atoms with Crippen molar-refractivity contribution in [3.8, 4) is 10.9 Å². The van der Waals surface area contributed by atoms with Gasteiger partial charge in [-0.25, -0.2) is 4.98 Å². The van der Waals surface area contributed by atoms with Crippen LogP contribution in [0.1, 0.15) is 11.4 Å². The molecule has 3 aromatic rings. The van der Waals surface area contributed by atoms with Crippen LogP contribution in [-0.4, -0.2) is 21.6 Å². The fourth-order valence-corrected chi connectivity index (χ4v) is 3.36. The number of hydrogen-bond donors (Lipinski definition) is 0. The first kappa shape index (κ1) is 12.4. The molecule has 0 bridgehead atoms. The average molecular weight is 294 g/mol.